The Morgan fingerprint density at radius 2 is 1.72 bits per heavy atom. The summed E-state index contributed by atoms with van der Waals surface area (Å²) >= 11 is 0. The zero-order valence-electron chi connectivity index (χ0n) is 23.6. The standard InChI is InChI=1S/C30H33N9O3.CH4/c1-35-15-17-36(18-16-35)22-9-7-21(8-10-22)32-30-31-19-23-27(34-30)39-25-12-11-24-28(33-25)37(26(40)20-42-24)13-5-3-2-4-6-14-38(39)29(23)41;/h4,6-12,19H,2-3,5,13-18,20H2,1H3,(H,31,32,34);1H4/b6-4+;. The highest BCUT2D eigenvalue weighted by Gasteiger charge is 2.28. The van der Waals surface area contributed by atoms with Crippen LogP contribution in [-0.4, -0.2) is 81.5 Å². The summed E-state index contributed by atoms with van der Waals surface area (Å²) in [6.07, 6.45) is 8.24. The van der Waals surface area contributed by atoms with Crippen molar-refractivity contribution in [3.63, 3.8) is 0 Å². The topological polar surface area (TPSA) is 114 Å². The number of ether oxygens (including phenoxy) is 1. The number of nitrogens with one attached hydrogen (secondary N) is 1. The maximum Gasteiger partial charge on any atom is 0.278 e. The summed E-state index contributed by atoms with van der Waals surface area (Å²) in [5.74, 6) is 1.73. The Morgan fingerprint density at radius 3 is 2.53 bits per heavy atom. The molecule has 6 heterocycles. The van der Waals surface area contributed by atoms with Crippen molar-refractivity contribution in [2.75, 3.05) is 61.5 Å². The van der Waals surface area contributed by atoms with Gasteiger partial charge < -0.3 is 19.9 Å². The Labute approximate surface area is 250 Å². The fourth-order valence-corrected chi connectivity index (χ4v) is 5.68. The molecular weight excluding hydrogens is 546 g/mol. The second kappa shape index (κ2) is 11.9. The highest BCUT2D eigenvalue weighted by Crippen LogP contribution is 2.32. The van der Waals surface area contributed by atoms with E-state index in [2.05, 4.69) is 45.4 Å². The van der Waals surface area contributed by atoms with Crippen molar-refractivity contribution in [2.24, 2.45) is 0 Å². The first kappa shape index (κ1) is 28.4. The molecule has 0 aliphatic carbocycles. The zero-order valence-corrected chi connectivity index (χ0v) is 23.6. The van der Waals surface area contributed by atoms with Gasteiger partial charge in [-0.1, -0.05) is 19.6 Å². The molecule has 1 N–H and O–H groups in total. The Morgan fingerprint density at radius 1 is 0.907 bits per heavy atom. The van der Waals surface area contributed by atoms with Crippen molar-refractivity contribution < 1.29 is 9.53 Å². The number of likely N-dealkylation sites (N-methyl/N-ethyl adjacent to an activating group) is 1. The van der Waals surface area contributed by atoms with E-state index in [1.165, 1.54) is 5.69 Å². The van der Waals surface area contributed by atoms with E-state index in [4.69, 9.17) is 14.7 Å². The third-order valence-corrected chi connectivity index (χ3v) is 8.06. The molecule has 3 aliphatic heterocycles. The number of fused-ring (bicyclic) bond motifs is 5. The summed E-state index contributed by atoms with van der Waals surface area (Å²) < 4.78 is 8.99. The molecule has 4 aromatic rings. The molecule has 0 atom stereocenters. The maximum atomic E-state index is 13.6. The van der Waals surface area contributed by atoms with E-state index in [1.807, 2.05) is 18.2 Å². The normalized spacial score (nSPS) is 18.0. The van der Waals surface area contributed by atoms with Gasteiger partial charge in [-0.25, -0.2) is 19.3 Å². The Balaban J connectivity index is 0.00000329. The zero-order chi connectivity index (χ0) is 28.6. The second-order valence-electron chi connectivity index (χ2n) is 10.9. The van der Waals surface area contributed by atoms with Gasteiger partial charge in [0.1, 0.15) is 5.39 Å². The molecule has 2 bridgehead atoms. The predicted molar refractivity (Wildman–Crippen MR) is 168 cm³/mol. The minimum atomic E-state index is -0.212. The SMILES string of the molecule is C.CN1CCN(c2ccc(Nc3ncc4c(=O)n5n(c4n3)-c3ccc4c(n3)N(CCCC/C=C/C5)C(=O)CO4)cc2)CC1. The molecule has 7 rings (SSSR count). The maximum absolute atomic E-state index is 13.6. The van der Waals surface area contributed by atoms with Crippen LogP contribution in [0.5, 0.6) is 5.75 Å². The fourth-order valence-electron chi connectivity index (χ4n) is 5.68. The number of rotatable bonds is 3. The smallest absolute Gasteiger partial charge is 0.278 e. The molecule has 12 nitrogen and oxygen atoms in total. The first-order chi connectivity index (χ1) is 20.5. The number of hydrogen-bond acceptors (Lipinski definition) is 9. The van der Waals surface area contributed by atoms with Gasteiger partial charge in [0.25, 0.3) is 11.5 Å². The van der Waals surface area contributed by atoms with Crippen molar-refractivity contribution >= 4 is 40.1 Å². The van der Waals surface area contributed by atoms with Crippen LogP contribution in [0.1, 0.15) is 26.7 Å². The molecule has 0 radical (unpaired) electrons. The Kier molecular flexibility index (Phi) is 7.85. The summed E-state index contributed by atoms with van der Waals surface area (Å²) in [6.45, 7) is 5.00. The lowest BCUT2D eigenvalue weighted by molar-refractivity contribution is -0.121. The third-order valence-electron chi connectivity index (χ3n) is 8.06. The van der Waals surface area contributed by atoms with Crippen molar-refractivity contribution in [2.45, 2.75) is 33.2 Å². The van der Waals surface area contributed by atoms with Gasteiger partial charge in [0.2, 0.25) is 5.95 Å². The van der Waals surface area contributed by atoms with Crippen LogP contribution < -0.4 is 25.4 Å². The van der Waals surface area contributed by atoms with Crippen LogP contribution in [0.2, 0.25) is 0 Å². The van der Waals surface area contributed by atoms with Gasteiger partial charge in [-0.2, -0.15) is 4.98 Å². The van der Waals surface area contributed by atoms with Gasteiger partial charge >= 0.3 is 0 Å². The first-order valence-corrected chi connectivity index (χ1v) is 14.4. The average Bonchev–Trinajstić information content (AvgIpc) is 3.28. The molecule has 0 spiro atoms. The van der Waals surface area contributed by atoms with Crippen LogP contribution in [0.15, 0.2) is 59.5 Å². The van der Waals surface area contributed by atoms with E-state index in [0.717, 1.165) is 51.1 Å². The van der Waals surface area contributed by atoms with Gasteiger partial charge in [-0.3, -0.25) is 14.5 Å². The molecule has 1 aromatic carbocycles. The van der Waals surface area contributed by atoms with E-state index < -0.39 is 0 Å². The summed E-state index contributed by atoms with van der Waals surface area (Å²) in [7, 11) is 2.15. The van der Waals surface area contributed by atoms with Crippen LogP contribution >= 0.6 is 0 Å². The van der Waals surface area contributed by atoms with E-state index in [9.17, 15) is 9.59 Å². The lowest BCUT2D eigenvalue weighted by Crippen LogP contribution is -2.44. The lowest BCUT2D eigenvalue weighted by Gasteiger charge is -2.34. The van der Waals surface area contributed by atoms with E-state index in [1.54, 1.807) is 32.6 Å². The van der Waals surface area contributed by atoms with Crippen molar-refractivity contribution in [1.29, 1.82) is 0 Å². The number of aromatic nitrogens is 5. The molecule has 0 unspecified atom stereocenters. The minimum absolute atomic E-state index is 0. The van der Waals surface area contributed by atoms with Crippen molar-refractivity contribution in [3.8, 4) is 11.6 Å². The average molecular weight is 584 g/mol. The van der Waals surface area contributed by atoms with Crippen LogP contribution in [0.3, 0.4) is 0 Å². The number of benzene rings is 1. The number of nitrogens with zero attached hydrogens (tertiary/aromatic N) is 8. The Bertz CT molecular complexity index is 1720. The van der Waals surface area contributed by atoms with E-state index in [-0.39, 0.29) is 25.5 Å². The van der Waals surface area contributed by atoms with E-state index >= 15 is 0 Å². The van der Waals surface area contributed by atoms with E-state index in [0.29, 0.717) is 47.5 Å². The highest BCUT2D eigenvalue weighted by molar-refractivity contribution is 5.96. The number of hydrogen-bond donors (Lipinski definition) is 1. The van der Waals surface area contributed by atoms with Crippen LogP contribution in [0.4, 0.5) is 23.1 Å². The number of carbonyl (C=O) groups is 1. The Hall–Kier alpha value is -4.71. The highest BCUT2D eigenvalue weighted by atomic mass is 16.5. The number of amides is 1. The minimum Gasteiger partial charge on any atom is -0.480 e. The molecule has 224 valence electrons. The molecule has 43 heavy (non-hydrogen) atoms. The van der Waals surface area contributed by atoms with Gasteiger partial charge in [0.15, 0.2) is 29.6 Å². The number of piperazine rings is 1. The van der Waals surface area contributed by atoms with Gasteiger partial charge in [0, 0.05) is 50.3 Å². The van der Waals surface area contributed by atoms with Gasteiger partial charge in [-0.15, -0.1) is 0 Å². The molecule has 1 saturated heterocycles. The number of carbonyl (C=O) groups excluding carboxylic acids is 1. The molecule has 12 heteroatoms. The number of pyridine rings is 1. The predicted octanol–water partition coefficient (Wildman–Crippen LogP) is 3.57. The van der Waals surface area contributed by atoms with Crippen LogP contribution in [0, 0.1) is 0 Å². The molecule has 3 aromatic heterocycles. The monoisotopic (exact) mass is 583 g/mol. The fraction of sp³-hybridized carbons (Fsp3) is 0.387. The molecule has 1 fully saturated rings. The number of allylic oxidation sites excluding steroid dienone is 2. The van der Waals surface area contributed by atoms with Crippen molar-refractivity contribution in [3.05, 3.63) is 65.1 Å². The summed E-state index contributed by atoms with van der Waals surface area (Å²) in [4.78, 5) is 46.8. The van der Waals surface area contributed by atoms with Crippen LogP contribution in [-0.2, 0) is 11.3 Å². The third kappa shape index (κ3) is 5.45. The van der Waals surface area contributed by atoms with Crippen molar-refractivity contribution in [1.82, 2.24) is 29.2 Å². The second-order valence-corrected chi connectivity index (χ2v) is 10.9. The lowest BCUT2D eigenvalue weighted by atomic mass is 10.2. The molecule has 0 saturated carbocycles. The van der Waals surface area contributed by atoms with Gasteiger partial charge in [-0.05, 0) is 62.7 Å². The molecular formula is C31H37N9O3. The van der Waals surface area contributed by atoms with Gasteiger partial charge in [0.05, 0.1) is 6.54 Å². The summed E-state index contributed by atoms with van der Waals surface area (Å²) in [5, 5.41) is 3.68. The number of anilines is 4. The summed E-state index contributed by atoms with van der Waals surface area (Å²) in [6, 6.07) is 11.8. The van der Waals surface area contributed by atoms with Crippen LogP contribution in [0.25, 0.3) is 16.9 Å². The first-order valence-electron chi connectivity index (χ1n) is 14.4. The summed E-state index contributed by atoms with van der Waals surface area (Å²) in [5.41, 5.74) is 2.25. The molecule has 3 aliphatic rings. The molecule has 1 amide bonds. The largest absolute Gasteiger partial charge is 0.480 e. The quantitative estimate of drug-likeness (QED) is 0.362.